The quantitative estimate of drug-likeness (QED) is 0.609. The first-order valence-corrected chi connectivity index (χ1v) is 11.3. The van der Waals surface area contributed by atoms with E-state index in [0.29, 0.717) is 13.1 Å². The number of amides is 3. The van der Waals surface area contributed by atoms with E-state index in [4.69, 9.17) is 4.74 Å². The minimum Gasteiger partial charge on any atom is -0.496 e. The maximum atomic E-state index is 12.5. The van der Waals surface area contributed by atoms with Crippen LogP contribution < -0.4 is 15.4 Å². The van der Waals surface area contributed by atoms with Crippen LogP contribution in [0.5, 0.6) is 5.75 Å². The van der Waals surface area contributed by atoms with E-state index in [9.17, 15) is 9.59 Å². The third-order valence-electron chi connectivity index (χ3n) is 5.33. The summed E-state index contributed by atoms with van der Waals surface area (Å²) in [7, 11) is 3.41. The Morgan fingerprint density at radius 2 is 1.97 bits per heavy atom. The van der Waals surface area contributed by atoms with E-state index in [2.05, 4.69) is 10.6 Å². The van der Waals surface area contributed by atoms with Gasteiger partial charge >= 0.3 is 6.03 Å². The average molecular weight is 428 g/mol. The van der Waals surface area contributed by atoms with Crippen molar-refractivity contribution in [3.8, 4) is 5.75 Å². The fraction of sp³-hybridized carbons (Fsp3) is 0.391. The normalized spacial score (nSPS) is 13.3. The van der Waals surface area contributed by atoms with Gasteiger partial charge in [0.1, 0.15) is 5.75 Å². The molecule has 0 unspecified atom stereocenters. The lowest BCUT2D eigenvalue weighted by molar-refractivity contribution is -0.122. The zero-order chi connectivity index (χ0) is 21.5. The molecule has 0 aromatic heterocycles. The van der Waals surface area contributed by atoms with E-state index in [-0.39, 0.29) is 17.9 Å². The summed E-state index contributed by atoms with van der Waals surface area (Å²) < 4.78 is 5.42. The van der Waals surface area contributed by atoms with Crippen molar-refractivity contribution in [2.45, 2.75) is 37.2 Å². The molecule has 3 rings (SSSR count). The van der Waals surface area contributed by atoms with Crippen molar-refractivity contribution in [3.05, 3.63) is 53.6 Å². The number of hydrogen-bond donors (Lipinski definition) is 2. The Morgan fingerprint density at radius 1 is 1.17 bits per heavy atom. The summed E-state index contributed by atoms with van der Waals surface area (Å²) in [6.45, 7) is 0.874. The lowest BCUT2D eigenvalue weighted by atomic mass is 9.85. The van der Waals surface area contributed by atoms with E-state index in [0.717, 1.165) is 46.7 Å². The molecular weight excluding hydrogens is 398 g/mol. The van der Waals surface area contributed by atoms with Crippen molar-refractivity contribution >= 4 is 29.4 Å². The molecule has 2 aromatic carbocycles. The fourth-order valence-electron chi connectivity index (χ4n) is 3.31. The summed E-state index contributed by atoms with van der Waals surface area (Å²) in [6.07, 6.45) is 5.08. The van der Waals surface area contributed by atoms with Gasteiger partial charge < -0.3 is 20.3 Å². The van der Waals surface area contributed by atoms with Gasteiger partial charge in [-0.25, -0.2) is 4.79 Å². The molecular formula is C23H29N3O3S. The standard InChI is InChI=1S/C23H29N3O3S/c1-26(15-17-10-11-21(30-3)20(13-17)29-2)23(28)24-14-16-6-4-9-19(12-16)25-22(27)18-7-5-8-18/h4,6,9-13,18H,5,7-8,14-15H2,1-3H3,(H,24,28)(H,25,27). The van der Waals surface area contributed by atoms with Crippen LogP contribution in [0.4, 0.5) is 10.5 Å². The number of anilines is 1. The molecule has 1 saturated carbocycles. The summed E-state index contributed by atoms with van der Waals surface area (Å²) in [5, 5.41) is 5.91. The van der Waals surface area contributed by atoms with Gasteiger partial charge in [0.15, 0.2) is 0 Å². The highest BCUT2D eigenvalue weighted by atomic mass is 32.2. The molecule has 1 aliphatic carbocycles. The molecule has 30 heavy (non-hydrogen) atoms. The maximum Gasteiger partial charge on any atom is 0.317 e. The van der Waals surface area contributed by atoms with Crippen molar-refractivity contribution in [2.75, 3.05) is 25.7 Å². The Bertz CT molecular complexity index is 899. The second-order valence-corrected chi connectivity index (χ2v) is 8.37. The van der Waals surface area contributed by atoms with E-state index in [1.807, 2.05) is 48.7 Å². The number of urea groups is 1. The second kappa shape index (κ2) is 10.4. The van der Waals surface area contributed by atoms with Crippen LogP contribution in [0.2, 0.25) is 0 Å². The van der Waals surface area contributed by atoms with Crippen molar-refractivity contribution < 1.29 is 14.3 Å². The number of methoxy groups -OCH3 is 1. The maximum absolute atomic E-state index is 12.5. The van der Waals surface area contributed by atoms with E-state index in [1.54, 1.807) is 30.8 Å². The number of nitrogens with zero attached hydrogens (tertiary/aromatic N) is 1. The summed E-state index contributed by atoms with van der Waals surface area (Å²) in [5.74, 6) is 1.05. The van der Waals surface area contributed by atoms with Crippen LogP contribution in [0.3, 0.4) is 0 Å². The topological polar surface area (TPSA) is 70.7 Å². The van der Waals surface area contributed by atoms with Crippen molar-refractivity contribution in [1.29, 1.82) is 0 Å². The first kappa shape index (κ1) is 22.0. The molecule has 6 nitrogen and oxygen atoms in total. The minimum absolute atomic E-state index is 0.0880. The molecule has 0 heterocycles. The number of rotatable bonds is 8. The number of benzene rings is 2. The molecule has 0 spiro atoms. The van der Waals surface area contributed by atoms with Gasteiger partial charge in [-0.05, 0) is 54.5 Å². The highest BCUT2D eigenvalue weighted by Crippen LogP contribution is 2.29. The lowest BCUT2D eigenvalue weighted by Crippen LogP contribution is -2.36. The van der Waals surface area contributed by atoms with Crippen LogP contribution in [0.1, 0.15) is 30.4 Å². The van der Waals surface area contributed by atoms with Gasteiger partial charge in [0, 0.05) is 36.6 Å². The first-order valence-electron chi connectivity index (χ1n) is 10.1. The number of ether oxygens (including phenoxy) is 1. The average Bonchev–Trinajstić information content (AvgIpc) is 2.70. The molecule has 2 N–H and O–H groups in total. The number of nitrogens with one attached hydrogen (secondary N) is 2. The Labute approximate surface area is 182 Å². The zero-order valence-electron chi connectivity index (χ0n) is 17.7. The molecule has 1 aliphatic rings. The molecule has 2 aromatic rings. The van der Waals surface area contributed by atoms with Crippen LogP contribution in [-0.2, 0) is 17.9 Å². The largest absolute Gasteiger partial charge is 0.496 e. The van der Waals surface area contributed by atoms with Crippen LogP contribution in [0.25, 0.3) is 0 Å². The third-order valence-corrected chi connectivity index (χ3v) is 6.11. The van der Waals surface area contributed by atoms with Crippen molar-refractivity contribution in [2.24, 2.45) is 5.92 Å². The van der Waals surface area contributed by atoms with Gasteiger partial charge in [-0.2, -0.15) is 0 Å². The number of thioether (sulfide) groups is 1. The number of hydrogen-bond acceptors (Lipinski definition) is 4. The summed E-state index contributed by atoms with van der Waals surface area (Å²) in [4.78, 5) is 27.3. The molecule has 1 fully saturated rings. The minimum atomic E-state index is -0.160. The van der Waals surface area contributed by atoms with E-state index < -0.39 is 0 Å². The molecule has 0 saturated heterocycles. The van der Waals surface area contributed by atoms with Crippen LogP contribution in [0, 0.1) is 5.92 Å². The molecule has 3 amide bonds. The summed E-state index contributed by atoms with van der Waals surface area (Å²) >= 11 is 1.63. The molecule has 0 atom stereocenters. The lowest BCUT2D eigenvalue weighted by Gasteiger charge is -2.24. The van der Waals surface area contributed by atoms with Crippen LogP contribution in [0.15, 0.2) is 47.4 Å². The second-order valence-electron chi connectivity index (χ2n) is 7.52. The first-order chi connectivity index (χ1) is 14.5. The number of carbonyl (C=O) groups excluding carboxylic acids is 2. The zero-order valence-corrected chi connectivity index (χ0v) is 18.6. The van der Waals surface area contributed by atoms with Gasteiger partial charge in [0.25, 0.3) is 0 Å². The SMILES string of the molecule is COc1cc(CN(C)C(=O)NCc2cccc(NC(=O)C3CCC3)c2)ccc1SC. The monoisotopic (exact) mass is 427 g/mol. The molecule has 7 heteroatoms. The third kappa shape index (κ3) is 5.69. The molecule has 0 radical (unpaired) electrons. The highest BCUT2D eigenvalue weighted by molar-refractivity contribution is 7.98. The fourth-order valence-corrected chi connectivity index (χ4v) is 3.86. The van der Waals surface area contributed by atoms with Gasteiger partial charge in [-0.1, -0.05) is 24.6 Å². The Balaban J connectivity index is 1.52. The van der Waals surface area contributed by atoms with Crippen molar-refractivity contribution in [1.82, 2.24) is 10.2 Å². The van der Waals surface area contributed by atoms with Gasteiger partial charge in [0.2, 0.25) is 5.91 Å². The summed E-state index contributed by atoms with van der Waals surface area (Å²) in [5.41, 5.74) is 2.71. The predicted molar refractivity (Wildman–Crippen MR) is 121 cm³/mol. The van der Waals surface area contributed by atoms with E-state index in [1.165, 1.54) is 0 Å². The van der Waals surface area contributed by atoms with E-state index >= 15 is 0 Å². The Hall–Kier alpha value is -2.67. The number of carbonyl (C=O) groups is 2. The molecule has 160 valence electrons. The molecule has 0 bridgehead atoms. The van der Waals surface area contributed by atoms with Gasteiger partial charge in [-0.3, -0.25) is 4.79 Å². The van der Waals surface area contributed by atoms with Crippen molar-refractivity contribution in [3.63, 3.8) is 0 Å². The Kier molecular flexibility index (Phi) is 7.63. The van der Waals surface area contributed by atoms with Gasteiger partial charge in [0.05, 0.1) is 7.11 Å². The predicted octanol–water partition coefficient (Wildman–Crippen LogP) is 4.50. The van der Waals surface area contributed by atoms with Gasteiger partial charge in [-0.15, -0.1) is 11.8 Å². The summed E-state index contributed by atoms with van der Waals surface area (Å²) in [6, 6.07) is 13.4. The van der Waals surface area contributed by atoms with Crippen LogP contribution in [-0.4, -0.2) is 37.3 Å². The smallest absolute Gasteiger partial charge is 0.317 e. The Morgan fingerprint density at radius 3 is 2.63 bits per heavy atom. The molecule has 0 aliphatic heterocycles. The van der Waals surface area contributed by atoms with Crippen LogP contribution >= 0.6 is 11.8 Å². The highest BCUT2D eigenvalue weighted by Gasteiger charge is 2.25.